The van der Waals surface area contributed by atoms with Crippen LogP contribution in [0.5, 0.6) is 0 Å². The molecule has 0 radical (unpaired) electrons. The first-order valence-electron chi connectivity index (χ1n) is 6.51. The summed E-state index contributed by atoms with van der Waals surface area (Å²) in [5, 5.41) is 0. The molecule has 1 fully saturated rings. The van der Waals surface area contributed by atoms with E-state index in [4.69, 9.17) is 10.5 Å². The van der Waals surface area contributed by atoms with Crippen LogP contribution in [-0.2, 0) is 14.3 Å². The van der Waals surface area contributed by atoms with Crippen LogP contribution >= 0.6 is 0 Å². The maximum Gasteiger partial charge on any atom is 0.329 e. The van der Waals surface area contributed by atoms with Crippen molar-refractivity contribution in [1.82, 2.24) is 4.90 Å². The zero-order valence-corrected chi connectivity index (χ0v) is 11.7. The maximum absolute atomic E-state index is 12.1. The van der Waals surface area contributed by atoms with Gasteiger partial charge >= 0.3 is 5.97 Å². The van der Waals surface area contributed by atoms with Gasteiger partial charge in [-0.15, -0.1) is 0 Å². The molecule has 0 bridgehead atoms. The van der Waals surface area contributed by atoms with Gasteiger partial charge in [-0.05, 0) is 47.0 Å². The van der Waals surface area contributed by atoms with E-state index in [9.17, 15) is 9.59 Å². The van der Waals surface area contributed by atoms with E-state index in [1.165, 1.54) is 0 Å². The van der Waals surface area contributed by atoms with Crippen LogP contribution in [-0.4, -0.2) is 41.0 Å². The molecule has 2 N–H and O–H groups in total. The highest BCUT2D eigenvalue weighted by Crippen LogP contribution is 2.21. The number of esters is 1. The van der Waals surface area contributed by atoms with Crippen LogP contribution in [0.2, 0.25) is 0 Å². The zero-order chi connectivity index (χ0) is 13.9. The summed E-state index contributed by atoms with van der Waals surface area (Å²) < 4.78 is 5.36. The van der Waals surface area contributed by atoms with Gasteiger partial charge in [-0.1, -0.05) is 0 Å². The number of rotatable bonds is 2. The van der Waals surface area contributed by atoms with Crippen molar-refractivity contribution in [3.05, 3.63) is 0 Å². The Labute approximate surface area is 109 Å². The Morgan fingerprint density at radius 1 is 1.33 bits per heavy atom. The van der Waals surface area contributed by atoms with Gasteiger partial charge in [0, 0.05) is 6.54 Å². The Kier molecular flexibility index (Phi) is 4.73. The molecule has 1 unspecified atom stereocenters. The first kappa shape index (κ1) is 15.0. The molecule has 5 nitrogen and oxygen atoms in total. The summed E-state index contributed by atoms with van der Waals surface area (Å²) in [6.07, 6.45) is 2.51. The molecule has 2 atom stereocenters. The number of carbonyl (C=O) groups excluding carboxylic acids is 2. The number of nitrogens with zero attached hydrogens (tertiary/aromatic N) is 1. The summed E-state index contributed by atoms with van der Waals surface area (Å²) in [5.41, 5.74) is 5.08. The molecule has 1 saturated heterocycles. The van der Waals surface area contributed by atoms with Crippen molar-refractivity contribution in [2.75, 3.05) is 6.54 Å². The van der Waals surface area contributed by atoms with Crippen LogP contribution in [0.25, 0.3) is 0 Å². The smallest absolute Gasteiger partial charge is 0.329 e. The quantitative estimate of drug-likeness (QED) is 0.750. The van der Waals surface area contributed by atoms with Gasteiger partial charge in [0.2, 0.25) is 5.91 Å². The summed E-state index contributed by atoms with van der Waals surface area (Å²) in [6.45, 7) is 7.70. The fourth-order valence-corrected chi connectivity index (χ4v) is 2.07. The second kappa shape index (κ2) is 5.69. The zero-order valence-electron chi connectivity index (χ0n) is 11.7. The van der Waals surface area contributed by atoms with Gasteiger partial charge in [0.1, 0.15) is 11.6 Å². The van der Waals surface area contributed by atoms with E-state index in [1.54, 1.807) is 11.8 Å². The van der Waals surface area contributed by atoms with Crippen molar-refractivity contribution in [3.63, 3.8) is 0 Å². The van der Waals surface area contributed by atoms with Gasteiger partial charge < -0.3 is 15.4 Å². The Bertz CT molecular complexity index is 321. The average Bonchev–Trinajstić information content (AvgIpc) is 2.25. The molecule has 1 rings (SSSR count). The van der Waals surface area contributed by atoms with Gasteiger partial charge in [-0.3, -0.25) is 4.79 Å². The summed E-state index contributed by atoms with van der Waals surface area (Å²) in [6, 6.07) is -1.05. The number of piperidine rings is 1. The van der Waals surface area contributed by atoms with Crippen molar-refractivity contribution in [2.24, 2.45) is 5.73 Å². The van der Waals surface area contributed by atoms with Crippen LogP contribution in [0.3, 0.4) is 0 Å². The lowest BCUT2D eigenvalue weighted by molar-refractivity contribution is -0.166. The van der Waals surface area contributed by atoms with E-state index in [-0.39, 0.29) is 11.9 Å². The number of nitrogens with two attached hydrogens (primary N) is 1. The van der Waals surface area contributed by atoms with Crippen LogP contribution in [0.15, 0.2) is 0 Å². The van der Waals surface area contributed by atoms with Crippen LogP contribution in [0.1, 0.15) is 47.0 Å². The molecule has 1 aliphatic rings. The van der Waals surface area contributed by atoms with Crippen molar-refractivity contribution < 1.29 is 14.3 Å². The van der Waals surface area contributed by atoms with E-state index < -0.39 is 17.7 Å². The fraction of sp³-hybridized carbons (Fsp3) is 0.846. The number of hydrogen-bond donors (Lipinski definition) is 1. The highest BCUT2D eigenvalue weighted by molar-refractivity contribution is 5.87. The van der Waals surface area contributed by atoms with Crippen LogP contribution in [0.4, 0.5) is 0 Å². The lowest BCUT2D eigenvalue weighted by atomic mass is 10.0. The molecular weight excluding hydrogens is 232 g/mol. The van der Waals surface area contributed by atoms with Gasteiger partial charge in [0.25, 0.3) is 0 Å². The highest BCUT2D eigenvalue weighted by atomic mass is 16.6. The van der Waals surface area contributed by atoms with Crippen LogP contribution < -0.4 is 5.73 Å². The van der Waals surface area contributed by atoms with Gasteiger partial charge in [-0.25, -0.2) is 4.79 Å². The number of amides is 1. The highest BCUT2D eigenvalue weighted by Gasteiger charge is 2.35. The molecule has 1 aliphatic heterocycles. The van der Waals surface area contributed by atoms with E-state index in [0.717, 1.165) is 12.8 Å². The third-order valence-corrected chi connectivity index (χ3v) is 2.85. The lowest BCUT2D eigenvalue weighted by Gasteiger charge is -2.36. The monoisotopic (exact) mass is 256 g/mol. The maximum atomic E-state index is 12.1. The third-order valence-electron chi connectivity index (χ3n) is 2.85. The molecule has 0 aromatic rings. The summed E-state index contributed by atoms with van der Waals surface area (Å²) >= 11 is 0. The standard InChI is InChI=1S/C13H24N2O3/c1-9(14)11(16)15-8-6-5-7-10(15)12(17)18-13(2,3)4/h9-10H,5-8,14H2,1-4H3/t9-,10?/m1/s1. The molecule has 0 aliphatic carbocycles. The first-order valence-corrected chi connectivity index (χ1v) is 6.51. The average molecular weight is 256 g/mol. The van der Waals surface area contributed by atoms with Gasteiger partial charge in [-0.2, -0.15) is 0 Å². The predicted molar refractivity (Wildman–Crippen MR) is 68.8 cm³/mol. The normalized spacial score (nSPS) is 22.5. The lowest BCUT2D eigenvalue weighted by Crippen LogP contribution is -2.54. The summed E-state index contributed by atoms with van der Waals surface area (Å²) in [4.78, 5) is 25.6. The van der Waals surface area contributed by atoms with Gasteiger partial charge in [0.15, 0.2) is 0 Å². The van der Waals surface area contributed by atoms with Crippen molar-refractivity contribution in [2.45, 2.75) is 64.6 Å². The second-order valence-corrected chi connectivity index (χ2v) is 5.87. The Hall–Kier alpha value is -1.10. The minimum atomic E-state index is -0.576. The summed E-state index contributed by atoms with van der Waals surface area (Å²) in [7, 11) is 0. The molecule has 18 heavy (non-hydrogen) atoms. The van der Waals surface area contributed by atoms with E-state index >= 15 is 0 Å². The molecule has 1 heterocycles. The molecule has 0 aromatic carbocycles. The topological polar surface area (TPSA) is 72.6 Å². The SMILES string of the molecule is C[C@@H](N)C(=O)N1CCCCC1C(=O)OC(C)(C)C. The Morgan fingerprint density at radius 2 is 1.94 bits per heavy atom. The molecule has 5 heteroatoms. The molecule has 0 saturated carbocycles. The molecular formula is C13H24N2O3. The largest absolute Gasteiger partial charge is 0.458 e. The Morgan fingerprint density at radius 3 is 2.44 bits per heavy atom. The van der Waals surface area contributed by atoms with Gasteiger partial charge in [0.05, 0.1) is 6.04 Å². The third kappa shape index (κ3) is 3.98. The number of likely N-dealkylation sites (tertiary alicyclic amines) is 1. The van der Waals surface area contributed by atoms with Crippen molar-refractivity contribution in [3.8, 4) is 0 Å². The minimum absolute atomic E-state index is 0.175. The van der Waals surface area contributed by atoms with E-state index in [1.807, 2.05) is 20.8 Å². The fourth-order valence-electron chi connectivity index (χ4n) is 2.07. The predicted octanol–water partition coefficient (Wildman–Crippen LogP) is 1.06. The Balaban J connectivity index is 2.76. The second-order valence-electron chi connectivity index (χ2n) is 5.87. The molecule has 0 spiro atoms. The summed E-state index contributed by atoms with van der Waals surface area (Å²) in [5.74, 6) is -0.498. The van der Waals surface area contributed by atoms with Crippen molar-refractivity contribution >= 4 is 11.9 Å². The minimum Gasteiger partial charge on any atom is -0.458 e. The molecule has 104 valence electrons. The number of carbonyl (C=O) groups is 2. The van der Waals surface area contributed by atoms with E-state index in [2.05, 4.69) is 0 Å². The van der Waals surface area contributed by atoms with E-state index in [0.29, 0.717) is 13.0 Å². The number of hydrogen-bond acceptors (Lipinski definition) is 4. The van der Waals surface area contributed by atoms with Crippen LogP contribution in [0, 0.1) is 0 Å². The molecule has 1 amide bonds. The first-order chi connectivity index (χ1) is 8.22. The number of ether oxygens (including phenoxy) is 1. The van der Waals surface area contributed by atoms with Crippen molar-refractivity contribution in [1.29, 1.82) is 0 Å². The molecule has 0 aromatic heterocycles.